The van der Waals surface area contributed by atoms with Crippen LogP contribution in [0.2, 0.25) is 0 Å². The van der Waals surface area contributed by atoms with Crippen LogP contribution < -0.4 is 5.32 Å². The zero-order chi connectivity index (χ0) is 10.6. The molecule has 14 heavy (non-hydrogen) atoms. The van der Waals surface area contributed by atoms with Gasteiger partial charge in [-0.25, -0.2) is 0 Å². The molecule has 2 nitrogen and oxygen atoms in total. The second-order valence-corrected chi connectivity index (χ2v) is 4.32. The minimum Gasteiger partial charge on any atom is -0.376 e. The zero-order valence-electron chi connectivity index (χ0n) is 9.84. The molecule has 1 aliphatic rings. The van der Waals surface area contributed by atoms with Crippen molar-refractivity contribution in [3.63, 3.8) is 0 Å². The molecule has 2 atom stereocenters. The maximum atomic E-state index is 5.81. The fourth-order valence-electron chi connectivity index (χ4n) is 1.85. The maximum Gasteiger partial charge on any atom is 0.0791 e. The van der Waals surface area contributed by atoms with Crippen molar-refractivity contribution in [1.82, 2.24) is 5.32 Å². The van der Waals surface area contributed by atoms with Gasteiger partial charge in [0, 0.05) is 6.61 Å². The molecule has 0 aromatic heterocycles. The molecule has 0 aromatic carbocycles. The molecule has 0 heterocycles. The molecule has 0 saturated heterocycles. The third-order valence-electron chi connectivity index (χ3n) is 2.65. The Balaban J connectivity index is 2.57. The summed E-state index contributed by atoms with van der Waals surface area (Å²) in [6, 6.07) is 0.382. The van der Waals surface area contributed by atoms with Gasteiger partial charge in [0.25, 0.3) is 0 Å². The van der Waals surface area contributed by atoms with Gasteiger partial charge in [-0.3, -0.25) is 0 Å². The molecular formula is C12H23NO. The highest BCUT2D eigenvalue weighted by Crippen LogP contribution is 2.36. The molecule has 0 aliphatic heterocycles. The van der Waals surface area contributed by atoms with Gasteiger partial charge in [0.15, 0.2) is 0 Å². The Hall–Kier alpha value is -0.340. The number of hydrogen-bond donors (Lipinski definition) is 1. The molecule has 0 aromatic rings. The van der Waals surface area contributed by atoms with Crippen molar-refractivity contribution in [2.45, 2.75) is 45.8 Å². The number of hydrogen-bond acceptors (Lipinski definition) is 2. The minimum atomic E-state index is 0.375. The number of rotatable bonds is 6. The highest BCUT2D eigenvalue weighted by molar-refractivity contribution is 5.06. The summed E-state index contributed by atoms with van der Waals surface area (Å²) < 4.78 is 5.81. The Kier molecular flexibility index (Phi) is 4.63. The number of ether oxygens (including phenoxy) is 1. The summed E-state index contributed by atoms with van der Waals surface area (Å²) >= 11 is 0. The topological polar surface area (TPSA) is 21.3 Å². The maximum absolute atomic E-state index is 5.81. The molecule has 82 valence electrons. The normalized spacial score (nSPS) is 20.3. The lowest BCUT2D eigenvalue weighted by Crippen LogP contribution is -2.39. The van der Waals surface area contributed by atoms with Gasteiger partial charge in [-0.15, -0.1) is 0 Å². The van der Waals surface area contributed by atoms with Crippen molar-refractivity contribution in [2.75, 3.05) is 13.7 Å². The van der Waals surface area contributed by atoms with E-state index < -0.39 is 0 Å². The Morgan fingerprint density at radius 1 is 1.50 bits per heavy atom. The molecule has 1 N–H and O–H groups in total. The van der Waals surface area contributed by atoms with E-state index in [0.717, 1.165) is 12.5 Å². The number of allylic oxidation sites excluding steroid dienone is 1. The van der Waals surface area contributed by atoms with E-state index >= 15 is 0 Å². The van der Waals surface area contributed by atoms with Crippen LogP contribution in [0.15, 0.2) is 11.6 Å². The lowest BCUT2D eigenvalue weighted by molar-refractivity contribution is 0.0320. The predicted octanol–water partition coefficient (Wildman–Crippen LogP) is 2.36. The van der Waals surface area contributed by atoms with Crippen molar-refractivity contribution in [2.24, 2.45) is 5.92 Å². The second-order valence-electron chi connectivity index (χ2n) is 4.32. The molecule has 1 saturated carbocycles. The van der Waals surface area contributed by atoms with Crippen LogP contribution in [0.5, 0.6) is 0 Å². The summed E-state index contributed by atoms with van der Waals surface area (Å²) in [6.45, 7) is 7.17. The average molecular weight is 197 g/mol. The van der Waals surface area contributed by atoms with Crippen LogP contribution in [-0.4, -0.2) is 25.8 Å². The van der Waals surface area contributed by atoms with E-state index in [9.17, 15) is 0 Å². The molecule has 1 rings (SSSR count). The van der Waals surface area contributed by atoms with E-state index in [4.69, 9.17) is 4.74 Å². The van der Waals surface area contributed by atoms with Gasteiger partial charge >= 0.3 is 0 Å². The van der Waals surface area contributed by atoms with Crippen molar-refractivity contribution in [3.05, 3.63) is 11.6 Å². The van der Waals surface area contributed by atoms with Crippen molar-refractivity contribution >= 4 is 0 Å². The van der Waals surface area contributed by atoms with Crippen LogP contribution >= 0.6 is 0 Å². The fourth-order valence-corrected chi connectivity index (χ4v) is 1.85. The van der Waals surface area contributed by atoms with Crippen molar-refractivity contribution < 1.29 is 4.74 Å². The number of likely N-dealkylation sites (N-methyl/N-ethyl adjacent to an activating group) is 1. The van der Waals surface area contributed by atoms with E-state index in [-0.39, 0.29) is 0 Å². The van der Waals surface area contributed by atoms with Gasteiger partial charge in [-0.05, 0) is 46.6 Å². The third kappa shape index (κ3) is 3.43. The van der Waals surface area contributed by atoms with Gasteiger partial charge < -0.3 is 10.1 Å². The standard InChI is InChI=1S/C12H23NO/c1-5-14-12(10-6-7-10)11(13-4)8-9(2)3/h8,10-13H,5-7H2,1-4H3. The van der Waals surface area contributed by atoms with Gasteiger partial charge in [0.2, 0.25) is 0 Å². The molecule has 2 heteroatoms. The van der Waals surface area contributed by atoms with Crippen molar-refractivity contribution in [3.8, 4) is 0 Å². The monoisotopic (exact) mass is 197 g/mol. The molecule has 1 fully saturated rings. The Labute approximate surface area is 87.7 Å². The lowest BCUT2D eigenvalue weighted by atomic mass is 10.0. The largest absolute Gasteiger partial charge is 0.376 e. The Morgan fingerprint density at radius 3 is 2.50 bits per heavy atom. The van der Waals surface area contributed by atoms with Crippen LogP contribution in [0, 0.1) is 5.92 Å². The molecular weight excluding hydrogens is 174 g/mol. The van der Waals surface area contributed by atoms with E-state index in [0.29, 0.717) is 12.1 Å². The van der Waals surface area contributed by atoms with E-state index in [1.165, 1.54) is 18.4 Å². The lowest BCUT2D eigenvalue weighted by Gasteiger charge is -2.24. The van der Waals surface area contributed by atoms with E-state index in [1.54, 1.807) is 0 Å². The summed E-state index contributed by atoms with van der Waals surface area (Å²) in [6.07, 6.45) is 5.32. The predicted molar refractivity (Wildman–Crippen MR) is 60.4 cm³/mol. The summed E-state index contributed by atoms with van der Waals surface area (Å²) in [5.41, 5.74) is 1.36. The first-order valence-electron chi connectivity index (χ1n) is 5.63. The first-order valence-corrected chi connectivity index (χ1v) is 5.63. The van der Waals surface area contributed by atoms with E-state index in [1.807, 2.05) is 7.05 Å². The molecule has 1 aliphatic carbocycles. The van der Waals surface area contributed by atoms with Crippen LogP contribution in [-0.2, 0) is 4.74 Å². The first kappa shape index (κ1) is 11.7. The van der Waals surface area contributed by atoms with Gasteiger partial charge in [0.1, 0.15) is 0 Å². The fraction of sp³-hybridized carbons (Fsp3) is 0.833. The van der Waals surface area contributed by atoms with Crippen LogP contribution in [0.3, 0.4) is 0 Å². The summed E-state index contributed by atoms with van der Waals surface area (Å²) in [4.78, 5) is 0. The van der Waals surface area contributed by atoms with Crippen LogP contribution in [0.25, 0.3) is 0 Å². The SMILES string of the molecule is CCOC(C1CC1)C(C=C(C)C)NC. The van der Waals surface area contributed by atoms with Crippen LogP contribution in [0.1, 0.15) is 33.6 Å². The molecule has 0 spiro atoms. The third-order valence-corrected chi connectivity index (χ3v) is 2.65. The first-order chi connectivity index (χ1) is 6.69. The summed E-state index contributed by atoms with van der Waals surface area (Å²) in [7, 11) is 2.01. The summed E-state index contributed by atoms with van der Waals surface area (Å²) in [5, 5.41) is 3.34. The van der Waals surface area contributed by atoms with Gasteiger partial charge in [-0.1, -0.05) is 11.6 Å². The molecule has 0 amide bonds. The highest BCUT2D eigenvalue weighted by Gasteiger charge is 2.35. The van der Waals surface area contributed by atoms with E-state index in [2.05, 4.69) is 32.2 Å². The zero-order valence-corrected chi connectivity index (χ0v) is 9.84. The van der Waals surface area contributed by atoms with Crippen molar-refractivity contribution in [1.29, 1.82) is 0 Å². The smallest absolute Gasteiger partial charge is 0.0791 e. The molecule has 0 radical (unpaired) electrons. The quantitative estimate of drug-likeness (QED) is 0.660. The Morgan fingerprint density at radius 2 is 2.14 bits per heavy atom. The Bertz CT molecular complexity index is 192. The highest BCUT2D eigenvalue weighted by atomic mass is 16.5. The number of nitrogens with one attached hydrogen (secondary N) is 1. The minimum absolute atomic E-state index is 0.375. The average Bonchev–Trinajstić information content (AvgIpc) is 2.93. The molecule has 2 unspecified atom stereocenters. The van der Waals surface area contributed by atoms with Crippen LogP contribution in [0.4, 0.5) is 0 Å². The summed E-state index contributed by atoms with van der Waals surface area (Å²) in [5.74, 6) is 0.781. The van der Waals surface area contributed by atoms with Gasteiger partial charge in [0.05, 0.1) is 12.1 Å². The van der Waals surface area contributed by atoms with Gasteiger partial charge in [-0.2, -0.15) is 0 Å². The molecule has 0 bridgehead atoms. The second kappa shape index (κ2) is 5.52.